The number of carbonyl (C=O) groups excluding carboxylic acids is 2. The van der Waals surface area contributed by atoms with Crippen molar-refractivity contribution in [2.24, 2.45) is 5.92 Å². The lowest BCUT2D eigenvalue weighted by Crippen LogP contribution is -2.42. The predicted molar refractivity (Wildman–Crippen MR) is 94.0 cm³/mol. The van der Waals surface area contributed by atoms with Crippen molar-refractivity contribution >= 4 is 11.9 Å². The van der Waals surface area contributed by atoms with Crippen molar-refractivity contribution in [1.82, 2.24) is 9.88 Å². The number of ether oxygens (including phenoxy) is 1. The highest BCUT2D eigenvalue weighted by molar-refractivity contribution is 5.94. The fraction of sp³-hybridized carbons (Fsp3) is 0.350. The Kier molecular flexibility index (Phi) is 5.77. The van der Waals surface area contributed by atoms with E-state index in [0.717, 1.165) is 18.4 Å². The second kappa shape index (κ2) is 8.42. The van der Waals surface area contributed by atoms with Gasteiger partial charge < -0.3 is 9.64 Å². The number of hydrogen-bond donors (Lipinski definition) is 0. The van der Waals surface area contributed by atoms with Gasteiger partial charge in [0, 0.05) is 37.5 Å². The van der Waals surface area contributed by atoms with Gasteiger partial charge in [-0.05, 0) is 30.5 Å². The van der Waals surface area contributed by atoms with E-state index in [0.29, 0.717) is 31.7 Å². The number of benzene rings is 1. The first-order valence-corrected chi connectivity index (χ1v) is 8.64. The topological polar surface area (TPSA) is 59.5 Å². The molecule has 0 spiro atoms. The monoisotopic (exact) mass is 338 g/mol. The lowest BCUT2D eigenvalue weighted by atomic mass is 9.97. The average molecular weight is 338 g/mol. The number of nitrogens with zero attached hydrogens (tertiary/aromatic N) is 2. The maximum absolute atomic E-state index is 12.5. The molecule has 0 aliphatic carbocycles. The maximum atomic E-state index is 12.5. The molecule has 0 bridgehead atoms. The molecule has 1 saturated heterocycles. The van der Waals surface area contributed by atoms with Gasteiger partial charge in [-0.1, -0.05) is 30.3 Å². The van der Waals surface area contributed by atoms with E-state index in [2.05, 4.69) is 4.98 Å². The van der Waals surface area contributed by atoms with Crippen molar-refractivity contribution in [3.63, 3.8) is 0 Å². The van der Waals surface area contributed by atoms with Crippen molar-refractivity contribution in [1.29, 1.82) is 0 Å². The van der Waals surface area contributed by atoms with Gasteiger partial charge in [-0.15, -0.1) is 0 Å². The minimum atomic E-state index is -0.240. The number of carbonyl (C=O) groups is 2. The quantitative estimate of drug-likeness (QED) is 0.787. The maximum Gasteiger partial charge on any atom is 0.310 e. The molecule has 2 heterocycles. The number of amides is 1. The number of esters is 1. The van der Waals surface area contributed by atoms with Gasteiger partial charge in [0.1, 0.15) is 0 Å². The van der Waals surface area contributed by atoms with Crippen molar-refractivity contribution in [3.8, 4) is 0 Å². The van der Waals surface area contributed by atoms with Crippen LogP contribution in [0.4, 0.5) is 0 Å². The van der Waals surface area contributed by atoms with E-state index in [9.17, 15) is 9.59 Å². The molecule has 130 valence electrons. The molecule has 1 amide bonds. The van der Waals surface area contributed by atoms with E-state index in [-0.39, 0.29) is 17.8 Å². The zero-order valence-corrected chi connectivity index (χ0v) is 14.1. The fourth-order valence-electron chi connectivity index (χ4n) is 3.06. The number of hydrogen-bond acceptors (Lipinski definition) is 4. The molecule has 1 atom stereocenters. The van der Waals surface area contributed by atoms with Crippen LogP contribution in [-0.2, 0) is 16.0 Å². The average Bonchev–Trinajstić information content (AvgIpc) is 2.69. The molecular weight excluding hydrogens is 316 g/mol. The molecule has 1 aromatic heterocycles. The SMILES string of the molecule is O=C(OCCc1ccccc1)[C@H]1CCCN(C(=O)c2ccncc2)C1. The van der Waals surface area contributed by atoms with Crippen LogP contribution >= 0.6 is 0 Å². The smallest absolute Gasteiger partial charge is 0.310 e. The van der Waals surface area contributed by atoms with E-state index in [4.69, 9.17) is 4.74 Å². The van der Waals surface area contributed by atoms with Crippen LogP contribution in [0.3, 0.4) is 0 Å². The standard InChI is InChI=1S/C20H22N2O3/c23-19(17-8-11-21-12-9-17)22-13-4-7-18(15-22)20(24)25-14-10-16-5-2-1-3-6-16/h1-3,5-6,8-9,11-12,18H,4,7,10,13-15H2/t18-/m0/s1. The Hall–Kier alpha value is -2.69. The molecule has 0 radical (unpaired) electrons. The molecule has 2 aromatic rings. The third kappa shape index (κ3) is 4.66. The molecule has 5 heteroatoms. The minimum absolute atomic E-state index is 0.0517. The molecule has 1 aliphatic heterocycles. The fourth-order valence-corrected chi connectivity index (χ4v) is 3.06. The molecule has 25 heavy (non-hydrogen) atoms. The van der Waals surface area contributed by atoms with Crippen LogP contribution in [-0.4, -0.2) is 41.5 Å². The van der Waals surface area contributed by atoms with Gasteiger partial charge in [0.05, 0.1) is 12.5 Å². The van der Waals surface area contributed by atoms with Gasteiger partial charge >= 0.3 is 5.97 Å². The van der Waals surface area contributed by atoms with Crippen molar-refractivity contribution in [3.05, 3.63) is 66.0 Å². The molecular formula is C20H22N2O3. The summed E-state index contributed by atoms with van der Waals surface area (Å²) < 4.78 is 5.43. The number of likely N-dealkylation sites (tertiary alicyclic amines) is 1. The van der Waals surface area contributed by atoms with Crippen LogP contribution in [0.15, 0.2) is 54.9 Å². The molecule has 1 aliphatic rings. The highest BCUT2D eigenvalue weighted by Crippen LogP contribution is 2.20. The third-order valence-electron chi connectivity index (χ3n) is 4.45. The van der Waals surface area contributed by atoms with E-state index >= 15 is 0 Å². The lowest BCUT2D eigenvalue weighted by molar-refractivity contribution is -0.149. The Balaban J connectivity index is 1.50. The second-order valence-corrected chi connectivity index (χ2v) is 6.23. The summed E-state index contributed by atoms with van der Waals surface area (Å²) in [5, 5.41) is 0. The van der Waals surface area contributed by atoms with Crippen LogP contribution in [0, 0.1) is 5.92 Å². The van der Waals surface area contributed by atoms with E-state index in [1.807, 2.05) is 30.3 Å². The largest absolute Gasteiger partial charge is 0.465 e. The van der Waals surface area contributed by atoms with Crippen LogP contribution in [0.25, 0.3) is 0 Å². The van der Waals surface area contributed by atoms with Crippen molar-refractivity contribution in [2.75, 3.05) is 19.7 Å². The van der Waals surface area contributed by atoms with Gasteiger partial charge in [0.2, 0.25) is 0 Å². The second-order valence-electron chi connectivity index (χ2n) is 6.23. The minimum Gasteiger partial charge on any atom is -0.465 e. The summed E-state index contributed by atoms with van der Waals surface area (Å²) in [6.07, 6.45) is 5.50. The first-order valence-electron chi connectivity index (χ1n) is 8.64. The summed E-state index contributed by atoms with van der Waals surface area (Å²) in [5.74, 6) is -0.498. The first kappa shape index (κ1) is 17.1. The molecule has 3 rings (SSSR count). The van der Waals surface area contributed by atoms with Crippen LogP contribution < -0.4 is 0 Å². The van der Waals surface area contributed by atoms with Gasteiger partial charge in [0.15, 0.2) is 0 Å². The molecule has 1 aromatic carbocycles. The van der Waals surface area contributed by atoms with E-state index in [1.165, 1.54) is 0 Å². The van der Waals surface area contributed by atoms with Gasteiger partial charge in [-0.25, -0.2) is 0 Å². The summed E-state index contributed by atoms with van der Waals surface area (Å²) in [7, 11) is 0. The van der Waals surface area contributed by atoms with Crippen LogP contribution in [0.2, 0.25) is 0 Å². The van der Waals surface area contributed by atoms with E-state index < -0.39 is 0 Å². The summed E-state index contributed by atoms with van der Waals surface area (Å²) in [6.45, 7) is 1.47. The lowest BCUT2D eigenvalue weighted by Gasteiger charge is -2.31. The Bertz CT molecular complexity index is 703. The van der Waals surface area contributed by atoms with Crippen LogP contribution in [0.5, 0.6) is 0 Å². The Morgan fingerprint density at radius 2 is 1.88 bits per heavy atom. The normalized spacial score (nSPS) is 17.1. The zero-order valence-electron chi connectivity index (χ0n) is 14.1. The molecule has 5 nitrogen and oxygen atoms in total. The Morgan fingerprint density at radius 3 is 2.64 bits per heavy atom. The summed E-state index contributed by atoms with van der Waals surface area (Å²) >= 11 is 0. The molecule has 1 fully saturated rings. The summed E-state index contributed by atoms with van der Waals surface area (Å²) in [6, 6.07) is 13.3. The predicted octanol–water partition coefficient (Wildman–Crippen LogP) is 2.72. The van der Waals surface area contributed by atoms with Crippen molar-refractivity contribution in [2.45, 2.75) is 19.3 Å². The summed E-state index contributed by atoms with van der Waals surface area (Å²) in [4.78, 5) is 30.5. The Labute approximate surface area is 147 Å². The highest BCUT2D eigenvalue weighted by Gasteiger charge is 2.29. The first-order chi connectivity index (χ1) is 12.2. The van der Waals surface area contributed by atoms with Crippen LogP contribution in [0.1, 0.15) is 28.8 Å². The van der Waals surface area contributed by atoms with Gasteiger partial charge in [-0.2, -0.15) is 0 Å². The molecule has 0 saturated carbocycles. The van der Waals surface area contributed by atoms with Crippen molar-refractivity contribution < 1.29 is 14.3 Å². The zero-order chi connectivity index (χ0) is 17.5. The molecule has 0 N–H and O–H groups in total. The summed E-state index contributed by atoms with van der Waals surface area (Å²) in [5.41, 5.74) is 1.75. The number of aromatic nitrogens is 1. The number of piperidine rings is 1. The number of pyridine rings is 1. The molecule has 0 unspecified atom stereocenters. The number of rotatable bonds is 5. The van der Waals surface area contributed by atoms with Gasteiger partial charge in [-0.3, -0.25) is 14.6 Å². The van der Waals surface area contributed by atoms with Gasteiger partial charge in [0.25, 0.3) is 5.91 Å². The third-order valence-corrected chi connectivity index (χ3v) is 4.45. The van der Waals surface area contributed by atoms with E-state index in [1.54, 1.807) is 29.4 Å². The Morgan fingerprint density at radius 1 is 1.12 bits per heavy atom. The highest BCUT2D eigenvalue weighted by atomic mass is 16.5.